The second-order valence-corrected chi connectivity index (χ2v) is 3.67. The lowest BCUT2D eigenvalue weighted by Crippen LogP contribution is -2.19. The minimum Gasteiger partial charge on any atom is -0.382 e. The minimum atomic E-state index is 0.342. The molecule has 1 aliphatic carbocycles. The van der Waals surface area contributed by atoms with Gasteiger partial charge in [0.1, 0.15) is 0 Å². The first-order valence-corrected chi connectivity index (χ1v) is 5.26. The van der Waals surface area contributed by atoms with Crippen molar-refractivity contribution in [3.05, 3.63) is 0 Å². The van der Waals surface area contributed by atoms with Gasteiger partial charge in [-0.25, -0.2) is 0 Å². The van der Waals surface area contributed by atoms with Crippen molar-refractivity contribution < 1.29 is 14.2 Å². The highest BCUT2D eigenvalue weighted by Gasteiger charge is 2.21. The molecule has 0 aliphatic heterocycles. The molecule has 14 heavy (non-hydrogen) atoms. The minimum absolute atomic E-state index is 0.342. The first-order valence-electron chi connectivity index (χ1n) is 5.26. The summed E-state index contributed by atoms with van der Waals surface area (Å²) in [5.41, 5.74) is 5.77. The van der Waals surface area contributed by atoms with Crippen LogP contribution < -0.4 is 5.73 Å². The molecule has 0 heterocycles. The Balaban J connectivity index is 1.84. The van der Waals surface area contributed by atoms with Gasteiger partial charge in [-0.3, -0.25) is 0 Å². The Morgan fingerprint density at radius 1 is 1.14 bits per heavy atom. The zero-order valence-corrected chi connectivity index (χ0v) is 8.91. The third kappa shape index (κ3) is 4.91. The molecule has 1 saturated carbocycles. The van der Waals surface area contributed by atoms with Gasteiger partial charge in [-0.15, -0.1) is 0 Å². The van der Waals surface area contributed by atoms with Gasteiger partial charge in [0.25, 0.3) is 0 Å². The van der Waals surface area contributed by atoms with Gasteiger partial charge in [0, 0.05) is 13.2 Å². The smallest absolute Gasteiger partial charge is 0.0704 e. The van der Waals surface area contributed by atoms with E-state index in [9.17, 15) is 0 Å². The van der Waals surface area contributed by atoms with Crippen LogP contribution in [0.1, 0.15) is 19.3 Å². The van der Waals surface area contributed by atoms with E-state index in [1.165, 1.54) is 0 Å². The molecule has 0 spiro atoms. The molecule has 0 aromatic heterocycles. The van der Waals surface area contributed by atoms with E-state index in [0.29, 0.717) is 38.6 Å². The van der Waals surface area contributed by atoms with Crippen molar-refractivity contribution in [2.45, 2.75) is 31.4 Å². The van der Waals surface area contributed by atoms with E-state index in [0.717, 1.165) is 19.3 Å². The van der Waals surface area contributed by atoms with E-state index >= 15 is 0 Å². The molecule has 2 unspecified atom stereocenters. The van der Waals surface area contributed by atoms with Crippen molar-refractivity contribution >= 4 is 0 Å². The number of rotatable bonds is 7. The molecule has 0 radical (unpaired) electrons. The van der Waals surface area contributed by atoms with Crippen LogP contribution in [0.4, 0.5) is 0 Å². The lowest BCUT2D eigenvalue weighted by atomic mass is 10.3. The van der Waals surface area contributed by atoms with E-state index in [1.807, 2.05) is 0 Å². The third-order valence-electron chi connectivity index (χ3n) is 2.44. The van der Waals surface area contributed by atoms with Gasteiger partial charge in [-0.1, -0.05) is 0 Å². The van der Waals surface area contributed by atoms with Crippen LogP contribution in [0.2, 0.25) is 0 Å². The highest BCUT2D eigenvalue weighted by molar-refractivity contribution is 4.77. The van der Waals surface area contributed by atoms with Gasteiger partial charge in [0.2, 0.25) is 0 Å². The molecule has 1 fully saturated rings. The summed E-state index contributed by atoms with van der Waals surface area (Å²) in [5.74, 6) is 0. The molecule has 0 saturated heterocycles. The van der Waals surface area contributed by atoms with Crippen LogP contribution >= 0.6 is 0 Å². The van der Waals surface area contributed by atoms with Crippen LogP contribution in [0.15, 0.2) is 0 Å². The van der Waals surface area contributed by atoms with Crippen LogP contribution in [-0.2, 0) is 14.2 Å². The van der Waals surface area contributed by atoms with Crippen molar-refractivity contribution in [3.63, 3.8) is 0 Å². The van der Waals surface area contributed by atoms with Crippen molar-refractivity contribution in [2.75, 3.05) is 33.5 Å². The maximum absolute atomic E-state index is 5.77. The van der Waals surface area contributed by atoms with Gasteiger partial charge in [0.15, 0.2) is 0 Å². The van der Waals surface area contributed by atoms with E-state index in [2.05, 4.69) is 0 Å². The first-order chi connectivity index (χ1) is 6.83. The van der Waals surface area contributed by atoms with Gasteiger partial charge >= 0.3 is 0 Å². The summed E-state index contributed by atoms with van der Waals surface area (Å²) in [6.45, 7) is 2.61. The first kappa shape index (κ1) is 11.9. The Bertz CT molecular complexity index is 143. The van der Waals surface area contributed by atoms with Crippen molar-refractivity contribution in [3.8, 4) is 0 Å². The van der Waals surface area contributed by atoms with E-state index in [-0.39, 0.29) is 0 Å². The van der Waals surface area contributed by atoms with Crippen LogP contribution in [0, 0.1) is 0 Å². The van der Waals surface area contributed by atoms with Gasteiger partial charge in [-0.2, -0.15) is 0 Å². The Hall–Kier alpha value is -0.160. The number of ether oxygens (including phenoxy) is 3. The molecule has 0 amide bonds. The Labute approximate surface area is 85.7 Å². The Morgan fingerprint density at radius 3 is 2.57 bits per heavy atom. The van der Waals surface area contributed by atoms with E-state index in [1.54, 1.807) is 7.11 Å². The molecule has 0 aromatic rings. The van der Waals surface area contributed by atoms with Crippen LogP contribution in [0.3, 0.4) is 0 Å². The quantitative estimate of drug-likeness (QED) is 0.614. The molecule has 4 heteroatoms. The molecule has 0 aromatic carbocycles. The van der Waals surface area contributed by atoms with Crippen LogP contribution in [-0.4, -0.2) is 45.7 Å². The molecule has 4 nitrogen and oxygen atoms in total. The second-order valence-electron chi connectivity index (χ2n) is 3.67. The lowest BCUT2D eigenvalue weighted by Gasteiger charge is -2.11. The molecule has 2 atom stereocenters. The van der Waals surface area contributed by atoms with Crippen molar-refractivity contribution in [2.24, 2.45) is 5.73 Å². The Kier molecular flexibility index (Phi) is 6.10. The van der Waals surface area contributed by atoms with Gasteiger partial charge in [0.05, 0.1) is 32.5 Å². The summed E-state index contributed by atoms with van der Waals surface area (Å²) in [6, 6.07) is 0.342. The van der Waals surface area contributed by atoms with Gasteiger partial charge < -0.3 is 19.9 Å². The van der Waals surface area contributed by atoms with Gasteiger partial charge in [-0.05, 0) is 19.3 Å². The number of methoxy groups -OCH3 is 1. The number of hydrogen-bond donors (Lipinski definition) is 1. The molecular formula is C10H21NO3. The number of hydrogen-bond acceptors (Lipinski definition) is 4. The topological polar surface area (TPSA) is 53.7 Å². The summed E-state index contributed by atoms with van der Waals surface area (Å²) < 4.78 is 15.7. The summed E-state index contributed by atoms with van der Waals surface area (Å²) in [4.78, 5) is 0. The predicted molar refractivity (Wildman–Crippen MR) is 54.3 cm³/mol. The zero-order valence-electron chi connectivity index (χ0n) is 8.91. The lowest BCUT2D eigenvalue weighted by molar-refractivity contribution is -0.00412. The fourth-order valence-corrected chi connectivity index (χ4v) is 1.64. The van der Waals surface area contributed by atoms with E-state index < -0.39 is 0 Å². The summed E-state index contributed by atoms with van der Waals surface area (Å²) in [6.07, 6.45) is 3.54. The zero-order chi connectivity index (χ0) is 10.2. The maximum Gasteiger partial charge on any atom is 0.0704 e. The molecule has 2 N–H and O–H groups in total. The molecule has 1 aliphatic rings. The number of nitrogens with two attached hydrogens (primary N) is 1. The monoisotopic (exact) mass is 203 g/mol. The van der Waals surface area contributed by atoms with Crippen molar-refractivity contribution in [1.82, 2.24) is 0 Å². The molecule has 0 bridgehead atoms. The average molecular weight is 203 g/mol. The Morgan fingerprint density at radius 2 is 1.93 bits per heavy atom. The highest BCUT2D eigenvalue weighted by Crippen LogP contribution is 2.19. The summed E-state index contributed by atoms with van der Waals surface area (Å²) >= 11 is 0. The maximum atomic E-state index is 5.77. The van der Waals surface area contributed by atoms with E-state index in [4.69, 9.17) is 19.9 Å². The highest BCUT2D eigenvalue weighted by atomic mass is 16.5. The summed E-state index contributed by atoms with van der Waals surface area (Å²) in [7, 11) is 1.67. The average Bonchev–Trinajstić information content (AvgIpc) is 2.58. The van der Waals surface area contributed by atoms with Crippen LogP contribution in [0.5, 0.6) is 0 Å². The second kappa shape index (κ2) is 7.17. The largest absolute Gasteiger partial charge is 0.382 e. The fourth-order valence-electron chi connectivity index (χ4n) is 1.64. The standard InChI is InChI=1S/C10H21NO3/c1-12-4-5-13-6-7-14-10-3-2-9(11)8-10/h9-10H,2-8,11H2,1H3. The van der Waals surface area contributed by atoms with Crippen molar-refractivity contribution in [1.29, 1.82) is 0 Å². The molecule has 84 valence electrons. The summed E-state index contributed by atoms with van der Waals surface area (Å²) in [5, 5.41) is 0. The molecular weight excluding hydrogens is 182 g/mol. The predicted octanol–water partition coefficient (Wildman–Crippen LogP) is 0.546. The molecule has 1 rings (SSSR count). The third-order valence-corrected chi connectivity index (χ3v) is 2.44. The SMILES string of the molecule is COCCOCCOC1CCC(N)C1. The normalized spacial score (nSPS) is 27.0. The van der Waals surface area contributed by atoms with Crippen LogP contribution in [0.25, 0.3) is 0 Å². The fraction of sp³-hybridized carbons (Fsp3) is 1.00.